The lowest BCUT2D eigenvalue weighted by molar-refractivity contribution is 0.0661. The van der Waals surface area contributed by atoms with Gasteiger partial charge in [0.15, 0.2) is 0 Å². The van der Waals surface area contributed by atoms with Gasteiger partial charge in [-0.3, -0.25) is 4.79 Å². The van der Waals surface area contributed by atoms with Crippen LogP contribution in [0.25, 0.3) is 0 Å². The number of aryl methyl sites for hydroxylation is 1. The predicted molar refractivity (Wildman–Crippen MR) is 85.8 cm³/mol. The van der Waals surface area contributed by atoms with Crippen LogP contribution in [-0.2, 0) is 0 Å². The van der Waals surface area contributed by atoms with Crippen LogP contribution in [0, 0.1) is 6.92 Å². The number of rotatable bonds is 3. The quantitative estimate of drug-likeness (QED) is 0.634. The molecule has 1 saturated heterocycles. The summed E-state index contributed by atoms with van der Waals surface area (Å²) in [5, 5.41) is 2.34. The van der Waals surface area contributed by atoms with Crippen LogP contribution in [0.5, 0.6) is 5.75 Å². The van der Waals surface area contributed by atoms with Gasteiger partial charge in [-0.25, -0.2) is 0 Å². The van der Waals surface area contributed by atoms with Gasteiger partial charge < -0.3 is 14.5 Å². The van der Waals surface area contributed by atoms with Gasteiger partial charge in [0.2, 0.25) is 0 Å². The van der Waals surface area contributed by atoms with E-state index >= 15 is 0 Å². The summed E-state index contributed by atoms with van der Waals surface area (Å²) in [5.74, 6) is 0.523. The SMILES string of the molecule is COc1cc(N=C=S)c(C)cc1C(=O)N1CCN(C)CC1. The van der Waals surface area contributed by atoms with E-state index in [2.05, 4.69) is 34.3 Å². The van der Waals surface area contributed by atoms with E-state index in [0.717, 1.165) is 31.7 Å². The highest BCUT2D eigenvalue weighted by Gasteiger charge is 2.23. The Labute approximate surface area is 130 Å². The minimum absolute atomic E-state index is 0.000864. The first kappa shape index (κ1) is 15.6. The Kier molecular flexibility index (Phi) is 5.07. The highest BCUT2D eigenvalue weighted by atomic mass is 32.1. The van der Waals surface area contributed by atoms with E-state index in [1.54, 1.807) is 13.2 Å². The van der Waals surface area contributed by atoms with Crippen molar-refractivity contribution < 1.29 is 9.53 Å². The number of thiocarbonyl (C=S) groups is 1. The molecule has 0 saturated carbocycles. The van der Waals surface area contributed by atoms with Gasteiger partial charge in [0, 0.05) is 32.2 Å². The molecule has 0 radical (unpaired) electrons. The number of isothiocyanates is 1. The fourth-order valence-corrected chi connectivity index (χ4v) is 2.46. The number of piperazine rings is 1. The van der Waals surface area contributed by atoms with E-state index in [0.29, 0.717) is 17.0 Å². The van der Waals surface area contributed by atoms with Crippen LogP contribution in [0.4, 0.5) is 5.69 Å². The number of likely N-dealkylation sites (N-methyl/N-ethyl adjacent to an activating group) is 1. The molecule has 1 aliphatic rings. The van der Waals surface area contributed by atoms with Crippen molar-refractivity contribution in [2.24, 2.45) is 4.99 Å². The molecule has 0 aromatic heterocycles. The number of aliphatic imine (C=N–C) groups is 1. The van der Waals surface area contributed by atoms with Gasteiger partial charge in [-0.1, -0.05) is 0 Å². The first-order chi connectivity index (χ1) is 10.1. The van der Waals surface area contributed by atoms with Crippen LogP contribution in [0.15, 0.2) is 17.1 Å². The van der Waals surface area contributed by atoms with Crippen LogP contribution in [0.1, 0.15) is 15.9 Å². The van der Waals surface area contributed by atoms with Crippen LogP contribution in [0.2, 0.25) is 0 Å². The molecule has 1 aromatic carbocycles. The smallest absolute Gasteiger partial charge is 0.257 e. The zero-order chi connectivity index (χ0) is 15.4. The average Bonchev–Trinajstić information content (AvgIpc) is 2.49. The normalized spacial score (nSPS) is 15.5. The summed E-state index contributed by atoms with van der Waals surface area (Å²) in [7, 11) is 3.61. The van der Waals surface area contributed by atoms with Crippen molar-refractivity contribution in [3.63, 3.8) is 0 Å². The maximum atomic E-state index is 12.7. The molecule has 1 fully saturated rings. The van der Waals surface area contributed by atoms with Gasteiger partial charge in [0.1, 0.15) is 5.75 Å². The summed E-state index contributed by atoms with van der Waals surface area (Å²) in [6.07, 6.45) is 0. The molecule has 1 amide bonds. The number of methoxy groups -OCH3 is 1. The first-order valence-corrected chi connectivity index (χ1v) is 7.22. The van der Waals surface area contributed by atoms with Crippen LogP contribution < -0.4 is 4.74 Å². The monoisotopic (exact) mass is 305 g/mol. The maximum absolute atomic E-state index is 12.7. The number of carbonyl (C=O) groups is 1. The molecule has 0 aliphatic carbocycles. The standard InChI is InChI=1S/C15H19N3O2S/c1-11-8-12(14(20-3)9-13(11)16-10-21)15(19)18-6-4-17(2)5-7-18/h8-9H,4-7H2,1-3H3. The number of amides is 1. The molecule has 5 nitrogen and oxygen atoms in total. The fourth-order valence-electron chi connectivity index (χ4n) is 2.36. The number of nitrogens with zero attached hydrogens (tertiary/aromatic N) is 3. The number of benzene rings is 1. The summed E-state index contributed by atoms with van der Waals surface area (Å²) in [5.41, 5.74) is 2.13. The molecule has 2 rings (SSSR count). The van der Waals surface area contributed by atoms with E-state index in [4.69, 9.17) is 4.74 Å². The molecule has 0 unspecified atom stereocenters. The zero-order valence-corrected chi connectivity index (χ0v) is 13.4. The highest BCUT2D eigenvalue weighted by molar-refractivity contribution is 7.78. The van der Waals surface area contributed by atoms with Gasteiger partial charge in [0.25, 0.3) is 5.91 Å². The van der Waals surface area contributed by atoms with E-state index in [9.17, 15) is 4.79 Å². The molecule has 0 N–H and O–H groups in total. The number of hydrogen-bond donors (Lipinski definition) is 0. The summed E-state index contributed by atoms with van der Waals surface area (Å²) < 4.78 is 5.34. The second-order valence-corrected chi connectivity index (χ2v) is 5.32. The van der Waals surface area contributed by atoms with E-state index < -0.39 is 0 Å². The first-order valence-electron chi connectivity index (χ1n) is 6.81. The van der Waals surface area contributed by atoms with Gasteiger partial charge in [-0.2, -0.15) is 4.99 Å². The molecule has 0 bridgehead atoms. The van der Waals surface area contributed by atoms with Gasteiger partial charge >= 0.3 is 0 Å². The van der Waals surface area contributed by atoms with Crippen molar-refractivity contribution in [1.82, 2.24) is 9.80 Å². The molecular formula is C15H19N3O2S. The summed E-state index contributed by atoms with van der Waals surface area (Å²) in [6, 6.07) is 3.54. The molecule has 1 aliphatic heterocycles. The molecule has 1 aromatic rings. The minimum Gasteiger partial charge on any atom is -0.496 e. The fraction of sp³-hybridized carbons (Fsp3) is 0.467. The second-order valence-electron chi connectivity index (χ2n) is 5.14. The average molecular weight is 305 g/mol. The lowest BCUT2D eigenvalue weighted by atomic mass is 10.1. The molecule has 0 atom stereocenters. The number of ether oxygens (including phenoxy) is 1. The van der Waals surface area contributed by atoms with Crippen LogP contribution in [0.3, 0.4) is 0 Å². The number of carbonyl (C=O) groups excluding carboxylic acids is 1. The topological polar surface area (TPSA) is 45.1 Å². The van der Waals surface area contributed by atoms with E-state index in [1.807, 2.05) is 17.9 Å². The Morgan fingerprint density at radius 2 is 2.00 bits per heavy atom. The Morgan fingerprint density at radius 3 is 2.57 bits per heavy atom. The second kappa shape index (κ2) is 6.80. The molecule has 112 valence electrons. The Hall–Kier alpha value is -1.75. The third-order valence-corrected chi connectivity index (χ3v) is 3.80. The maximum Gasteiger partial charge on any atom is 0.257 e. The Balaban J connectivity index is 2.32. The van der Waals surface area contributed by atoms with Crippen molar-refractivity contribution in [1.29, 1.82) is 0 Å². The largest absolute Gasteiger partial charge is 0.496 e. The van der Waals surface area contributed by atoms with E-state index in [-0.39, 0.29) is 5.91 Å². The van der Waals surface area contributed by atoms with Crippen molar-refractivity contribution in [3.8, 4) is 5.75 Å². The van der Waals surface area contributed by atoms with Crippen molar-refractivity contribution in [3.05, 3.63) is 23.3 Å². The van der Waals surface area contributed by atoms with Gasteiger partial charge in [0.05, 0.1) is 23.5 Å². The van der Waals surface area contributed by atoms with Crippen molar-refractivity contribution in [2.75, 3.05) is 40.3 Å². The summed E-state index contributed by atoms with van der Waals surface area (Å²) in [6.45, 7) is 5.14. The number of hydrogen-bond acceptors (Lipinski definition) is 5. The summed E-state index contributed by atoms with van der Waals surface area (Å²) in [4.78, 5) is 20.7. The third kappa shape index (κ3) is 3.47. The van der Waals surface area contributed by atoms with Crippen molar-refractivity contribution >= 4 is 29.0 Å². The minimum atomic E-state index is 0.000864. The zero-order valence-electron chi connectivity index (χ0n) is 12.5. The van der Waals surface area contributed by atoms with Gasteiger partial charge in [-0.15, -0.1) is 0 Å². The van der Waals surface area contributed by atoms with Gasteiger partial charge in [-0.05, 0) is 37.8 Å². The highest BCUT2D eigenvalue weighted by Crippen LogP contribution is 2.29. The molecule has 21 heavy (non-hydrogen) atoms. The molecule has 6 heteroatoms. The van der Waals surface area contributed by atoms with Crippen LogP contribution in [-0.4, -0.2) is 61.2 Å². The molecular weight excluding hydrogens is 286 g/mol. The lowest BCUT2D eigenvalue weighted by Gasteiger charge is -2.32. The predicted octanol–water partition coefficient (Wildman–Crippen LogP) is 2.13. The van der Waals surface area contributed by atoms with Crippen molar-refractivity contribution in [2.45, 2.75) is 6.92 Å². The van der Waals surface area contributed by atoms with Crippen LogP contribution >= 0.6 is 12.2 Å². The molecule has 0 spiro atoms. The molecule has 1 heterocycles. The lowest BCUT2D eigenvalue weighted by Crippen LogP contribution is -2.47. The third-order valence-electron chi connectivity index (χ3n) is 3.71. The summed E-state index contributed by atoms with van der Waals surface area (Å²) >= 11 is 4.63. The Morgan fingerprint density at radius 1 is 1.33 bits per heavy atom. The Bertz CT molecular complexity index is 589. The van der Waals surface area contributed by atoms with E-state index in [1.165, 1.54) is 0 Å².